The van der Waals surface area contributed by atoms with Crippen LogP contribution in [-0.4, -0.2) is 23.2 Å². The van der Waals surface area contributed by atoms with E-state index in [9.17, 15) is 9.18 Å². The average molecular weight is 310 g/mol. The SMILES string of the molecule is COc1ccc(Nc2nc(C(C)(C)C(=O)O)cs2)cc1F. The molecule has 0 fully saturated rings. The first-order valence-electron chi connectivity index (χ1n) is 6.14. The highest BCUT2D eigenvalue weighted by atomic mass is 32.1. The number of nitrogens with zero attached hydrogens (tertiary/aromatic N) is 1. The fourth-order valence-electron chi connectivity index (χ4n) is 1.60. The zero-order valence-corrected chi connectivity index (χ0v) is 12.6. The summed E-state index contributed by atoms with van der Waals surface area (Å²) in [7, 11) is 1.40. The molecule has 1 aromatic heterocycles. The number of carboxylic acid groups (broad SMARTS) is 1. The van der Waals surface area contributed by atoms with Gasteiger partial charge in [-0.05, 0) is 26.0 Å². The molecule has 0 spiro atoms. The molecule has 7 heteroatoms. The van der Waals surface area contributed by atoms with Crippen molar-refractivity contribution < 1.29 is 19.0 Å². The Labute approximate surface area is 125 Å². The normalized spacial score (nSPS) is 11.2. The molecule has 5 nitrogen and oxygen atoms in total. The summed E-state index contributed by atoms with van der Waals surface area (Å²) in [5.41, 5.74) is -0.0967. The molecule has 2 N–H and O–H groups in total. The minimum absolute atomic E-state index is 0.160. The Balaban J connectivity index is 2.20. The van der Waals surface area contributed by atoms with Crippen LogP contribution < -0.4 is 10.1 Å². The number of halogens is 1. The third-order valence-corrected chi connectivity index (χ3v) is 3.84. The summed E-state index contributed by atoms with van der Waals surface area (Å²) in [5.74, 6) is -1.27. The highest BCUT2D eigenvalue weighted by Gasteiger charge is 2.32. The van der Waals surface area contributed by atoms with Gasteiger partial charge in [0.25, 0.3) is 0 Å². The van der Waals surface area contributed by atoms with Crippen molar-refractivity contribution in [3.63, 3.8) is 0 Å². The van der Waals surface area contributed by atoms with Crippen LogP contribution in [0.5, 0.6) is 5.75 Å². The number of thiazole rings is 1. The van der Waals surface area contributed by atoms with E-state index in [1.54, 1.807) is 25.3 Å². The lowest BCUT2D eigenvalue weighted by Gasteiger charge is -2.15. The summed E-state index contributed by atoms with van der Waals surface area (Å²) in [6.07, 6.45) is 0. The number of carboxylic acids is 1. The van der Waals surface area contributed by atoms with Crippen LogP contribution in [0.15, 0.2) is 23.6 Å². The van der Waals surface area contributed by atoms with E-state index in [0.717, 1.165) is 0 Å². The zero-order valence-electron chi connectivity index (χ0n) is 11.8. The van der Waals surface area contributed by atoms with Crippen molar-refractivity contribution in [1.29, 1.82) is 0 Å². The van der Waals surface area contributed by atoms with Gasteiger partial charge in [-0.2, -0.15) is 0 Å². The highest BCUT2D eigenvalue weighted by Crippen LogP contribution is 2.30. The van der Waals surface area contributed by atoms with Gasteiger partial charge in [-0.3, -0.25) is 4.79 Å². The molecule has 0 saturated heterocycles. The van der Waals surface area contributed by atoms with Crippen LogP contribution in [0.1, 0.15) is 19.5 Å². The lowest BCUT2D eigenvalue weighted by atomic mass is 9.90. The Bertz CT molecular complexity index is 670. The number of aromatic nitrogens is 1. The summed E-state index contributed by atoms with van der Waals surface area (Å²) in [5, 5.41) is 14.3. The van der Waals surface area contributed by atoms with E-state index in [1.807, 2.05) is 0 Å². The largest absolute Gasteiger partial charge is 0.494 e. The molecular weight excluding hydrogens is 295 g/mol. The monoisotopic (exact) mass is 310 g/mol. The molecule has 0 unspecified atom stereocenters. The van der Waals surface area contributed by atoms with Gasteiger partial charge in [-0.15, -0.1) is 11.3 Å². The van der Waals surface area contributed by atoms with Crippen molar-refractivity contribution in [2.24, 2.45) is 0 Å². The van der Waals surface area contributed by atoms with Gasteiger partial charge in [0.15, 0.2) is 16.7 Å². The number of anilines is 2. The second kappa shape index (κ2) is 5.69. The summed E-state index contributed by atoms with van der Waals surface area (Å²) >= 11 is 1.27. The highest BCUT2D eigenvalue weighted by molar-refractivity contribution is 7.13. The molecule has 2 rings (SSSR count). The Kier molecular flexibility index (Phi) is 4.13. The maximum atomic E-state index is 13.6. The minimum atomic E-state index is -1.07. The number of hydrogen-bond donors (Lipinski definition) is 2. The van der Waals surface area contributed by atoms with E-state index in [1.165, 1.54) is 30.6 Å². The first-order valence-corrected chi connectivity index (χ1v) is 7.02. The predicted molar refractivity (Wildman–Crippen MR) is 79.0 cm³/mol. The summed E-state index contributed by atoms with van der Waals surface area (Å²) in [4.78, 5) is 15.4. The Morgan fingerprint density at radius 2 is 2.19 bits per heavy atom. The Morgan fingerprint density at radius 1 is 1.48 bits per heavy atom. The number of nitrogens with one attached hydrogen (secondary N) is 1. The number of benzene rings is 1. The molecule has 112 valence electrons. The Hall–Kier alpha value is -2.15. The molecule has 0 amide bonds. The molecule has 0 aliphatic rings. The second-order valence-electron chi connectivity index (χ2n) is 4.94. The standard InChI is InChI=1S/C14H15FN2O3S/c1-14(2,12(18)19)11-7-21-13(17-11)16-8-4-5-10(20-3)9(15)6-8/h4-7H,1-3H3,(H,16,17)(H,18,19). The lowest BCUT2D eigenvalue weighted by Crippen LogP contribution is -2.28. The van der Waals surface area contributed by atoms with Gasteiger partial charge in [0, 0.05) is 17.1 Å². The van der Waals surface area contributed by atoms with Crippen molar-refractivity contribution in [1.82, 2.24) is 4.98 Å². The summed E-state index contributed by atoms with van der Waals surface area (Å²) in [6.45, 7) is 3.17. The van der Waals surface area contributed by atoms with Gasteiger partial charge < -0.3 is 15.2 Å². The smallest absolute Gasteiger partial charge is 0.315 e. The van der Waals surface area contributed by atoms with E-state index in [2.05, 4.69) is 10.3 Å². The number of aliphatic carboxylic acids is 1. The third kappa shape index (κ3) is 3.13. The van der Waals surface area contributed by atoms with E-state index >= 15 is 0 Å². The molecular formula is C14H15FN2O3S. The van der Waals surface area contributed by atoms with Crippen LogP contribution in [0.2, 0.25) is 0 Å². The molecule has 21 heavy (non-hydrogen) atoms. The van der Waals surface area contributed by atoms with Gasteiger partial charge >= 0.3 is 5.97 Å². The first-order chi connectivity index (χ1) is 9.84. The molecule has 0 saturated carbocycles. The molecule has 0 aliphatic carbocycles. The van der Waals surface area contributed by atoms with E-state index in [-0.39, 0.29) is 5.75 Å². The third-order valence-electron chi connectivity index (χ3n) is 3.08. The van der Waals surface area contributed by atoms with Gasteiger partial charge in [0.05, 0.1) is 12.8 Å². The first kappa shape index (κ1) is 15.2. The molecule has 0 aliphatic heterocycles. The predicted octanol–water partition coefficient (Wildman–Crippen LogP) is 3.40. The van der Waals surface area contributed by atoms with Crippen LogP contribution in [0.4, 0.5) is 15.2 Å². The average Bonchev–Trinajstić information content (AvgIpc) is 2.88. The van der Waals surface area contributed by atoms with Crippen LogP contribution >= 0.6 is 11.3 Å². The summed E-state index contributed by atoms with van der Waals surface area (Å²) < 4.78 is 18.4. The molecule has 2 aromatic rings. The molecule has 0 atom stereocenters. The van der Waals surface area contributed by atoms with E-state index in [0.29, 0.717) is 16.5 Å². The number of carbonyl (C=O) groups is 1. The van der Waals surface area contributed by atoms with Crippen LogP contribution in [-0.2, 0) is 10.2 Å². The van der Waals surface area contributed by atoms with Gasteiger partial charge in [-0.1, -0.05) is 0 Å². The van der Waals surface area contributed by atoms with Crippen molar-refractivity contribution in [3.05, 3.63) is 35.1 Å². The maximum Gasteiger partial charge on any atom is 0.315 e. The van der Waals surface area contributed by atoms with Crippen LogP contribution in [0.25, 0.3) is 0 Å². The van der Waals surface area contributed by atoms with Crippen molar-refractivity contribution in [2.45, 2.75) is 19.3 Å². The summed E-state index contributed by atoms with van der Waals surface area (Å²) in [6, 6.07) is 4.46. The Morgan fingerprint density at radius 3 is 2.76 bits per heavy atom. The van der Waals surface area contributed by atoms with Gasteiger partial charge in [-0.25, -0.2) is 9.37 Å². The van der Waals surface area contributed by atoms with Gasteiger partial charge in [0.1, 0.15) is 5.41 Å². The lowest BCUT2D eigenvalue weighted by molar-refractivity contribution is -0.142. The molecule has 1 heterocycles. The maximum absolute atomic E-state index is 13.6. The molecule has 1 aromatic carbocycles. The van der Waals surface area contributed by atoms with E-state index in [4.69, 9.17) is 9.84 Å². The molecule has 0 bridgehead atoms. The van der Waals surface area contributed by atoms with Crippen molar-refractivity contribution in [2.75, 3.05) is 12.4 Å². The van der Waals surface area contributed by atoms with E-state index < -0.39 is 17.2 Å². The molecule has 0 radical (unpaired) electrons. The number of ether oxygens (including phenoxy) is 1. The zero-order chi connectivity index (χ0) is 15.6. The van der Waals surface area contributed by atoms with Crippen molar-refractivity contribution >= 4 is 28.1 Å². The number of methoxy groups -OCH3 is 1. The fourth-order valence-corrected chi connectivity index (χ4v) is 2.49. The quantitative estimate of drug-likeness (QED) is 0.885. The minimum Gasteiger partial charge on any atom is -0.494 e. The van der Waals surface area contributed by atoms with Crippen LogP contribution in [0, 0.1) is 5.82 Å². The topological polar surface area (TPSA) is 71.5 Å². The fraction of sp³-hybridized carbons (Fsp3) is 0.286. The number of rotatable bonds is 5. The van der Waals surface area contributed by atoms with Gasteiger partial charge in [0.2, 0.25) is 0 Å². The van der Waals surface area contributed by atoms with Crippen molar-refractivity contribution in [3.8, 4) is 5.75 Å². The van der Waals surface area contributed by atoms with Crippen LogP contribution in [0.3, 0.4) is 0 Å². The number of hydrogen-bond acceptors (Lipinski definition) is 5. The second-order valence-corrected chi connectivity index (χ2v) is 5.80.